The lowest BCUT2D eigenvalue weighted by Gasteiger charge is -2.11. The van der Waals surface area contributed by atoms with Crippen molar-refractivity contribution in [1.82, 2.24) is 5.32 Å². The summed E-state index contributed by atoms with van der Waals surface area (Å²) in [5.74, 6) is 0.217. The summed E-state index contributed by atoms with van der Waals surface area (Å²) in [5, 5.41) is 17.0. The second-order valence-corrected chi connectivity index (χ2v) is 4.77. The van der Waals surface area contributed by atoms with Gasteiger partial charge in [0.1, 0.15) is 5.75 Å². The number of aromatic hydroxyl groups is 1. The molecule has 0 radical (unpaired) electrons. The van der Waals surface area contributed by atoms with Crippen LogP contribution in [0.3, 0.4) is 0 Å². The van der Waals surface area contributed by atoms with Gasteiger partial charge in [-0.2, -0.15) is 0 Å². The third kappa shape index (κ3) is 3.41. The zero-order chi connectivity index (χ0) is 14.4. The number of fused-ring (bicyclic) bond motifs is 1. The van der Waals surface area contributed by atoms with Crippen molar-refractivity contribution >= 4 is 22.5 Å². The first-order valence-corrected chi connectivity index (χ1v) is 6.98. The molecule has 0 aliphatic heterocycles. The predicted molar refractivity (Wildman–Crippen MR) is 82.2 cm³/mol. The highest BCUT2D eigenvalue weighted by Gasteiger charge is 2.07. The highest BCUT2D eigenvalue weighted by atomic mass is 16.3. The van der Waals surface area contributed by atoms with E-state index in [4.69, 9.17) is 0 Å². The molecule has 2 rings (SSSR count). The molecule has 2 aromatic rings. The van der Waals surface area contributed by atoms with E-state index in [1.165, 1.54) is 0 Å². The Bertz CT molecular complexity index is 596. The Morgan fingerprint density at radius 2 is 1.85 bits per heavy atom. The molecule has 0 spiro atoms. The molecule has 4 heteroatoms. The number of phenolic OH excluding ortho intramolecular Hbond substituents is 1. The fourth-order valence-electron chi connectivity index (χ4n) is 2.14. The summed E-state index contributed by atoms with van der Waals surface area (Å²) >= 11 is 0. The molecule has 0 heterocycles. The zero-order valence-electron chi connectivity index (χ0n) is 11.6. The molecule has 20 heavy (non-hydrogen) atoms. The zero-order valence-corrected chi connectivity index (χ0v) is 11.6. The number of urea groups is 1. The number of amides is 2. The lowest BCUT2D eigenvalue weighted by Crippen LogP contribution is -2.29. The summed E-state index contributed by atoms with van der Waals surface area (Å²) in [7, 11) is 0. The fourth-order valence-corrected chi connectivity index (χ4v) is 2.14. The van der Waals surface area contributed by atoms with Crippen LogP contribution in [0.1, 0.15) is 26.2 Å². The number of hydrogen-bond acceptors (Lipinski definition) is 2. The van der Waals surface area contributed by atoms with Gasteiger partial charge in [-0.3, -0.25) is 0 Å². The molecule has 4 nitrogen and oxygen atoms in total. The molecular formula is C16H20N2O2. The molecule has 2 aromatic carbocycles. The van der Waals surface area contributed by atoms with Crippen molar-refractivity contribution in [2.24, 2.45) is 0 Å². The number of unbranched alkanes of at least 4 members (excludes halogenated alkanes) is 2. The molecule has 2 amide bonds. The number of benzene rings is 2. The van der Waals surface area contributed by atoms with E-state index in [1.807, 2.05) is 24.3 Å². The van der Waals surface area contributed by atoms with Crippen LogP contribution in [-0.4, -0.2) is 17.7 Å². The lowest BCUT2D eigenvalue weighted by atomic mass is 10.1. The number of hydrogen-bond donors (Lipinski definition) is 3. The van der Waals surface area contributed by atoms with Gasteiger partial charge in [-0.15, -0.1) is 0 Å². The Hall–Kier alpha value is -2.23. The Morgan fingerprint density at radius 1 is 1.10 bits per heavy atom. The second kappa shape index (κ2) is 6.80. The first-order chi connectivity index (χ1) is 9.72. The van der Waals surface area contributed by atoms with Crippen LogP contribution in [0, 0.1) is 0 Å². The second-order valence-electron chi connectivity index (χ2n) is 4.77. The number of anilines is 1. The van der Waals surface area contributed by atoms with Crippen LogP contribution < -0.4 is 10.6 Å². The van der Waals surface area contributed by atoms with E-state index in [2.05, 4.69) is 17.6 Å². The maximum Gasteiger partial charge on any atom is 0.319 e. The molecule has 0 fully saturated rings. The quantitative estimate of drug-likeness (QED) is 0.571. The number of phenols is 1. The summed E-state index contributed by atoms with van der Waals surface area (Å²) in [6.45, 7) is 2.80. The lowest BCUT2D eigenvalue weighted by molar-refractivity contribution is 0.252. The van der Waals surface area contributed by atoms with Crippen LogP contribution >= 0.6 is 0 Å². The standard InChI is InChI=1S/C16H20N2O2/c1-2-3-6-11-17-16(20)18-14-9-10-15(19)13-8-5-4-7-12(13)14/h4-5,7-10,19H,2-3,6,11H2,1H3,(H2,17,18,20). The normalized spacial score (nSPS) is 10.4. The van der Waals surface area contributed by atoms with E-state index >= 15 is 0 Å². The van der Waals surface area contributed by atoms with Gasteiger partial charge in [0.2, 0.25) is 0 Å². The smallest absolute Gasteiger partial charge is 0.319 e. The molecule has 0 aliphatic carbocycles. The Morgan fingerprint density at radius 3 is 2.60 bits per heavy atom. The molecule has 0 saturated carbocycles. The maximum absolute atomic E-state index is 11.8. The van der Waals surface area contributed by atoms with E-state index in [-0.39, 0.29) is 11.8 Å². The van der Waals surface area contributed by atoms with Crippen LogP contribution in [0.5, 0.6) is 5.75 Å². The van der Waals surface area contributed by atoms with Crippen molar-refractivity contribution in [2.45, 2.75) is 26.2 Å². The Kier molecular flexibility index (Phi) is 4.82. The molecule has 106 valence electrons. The molecule has 0 aliphatic rings. The number of nitrogens with one attached hydrogen (secondary N) is 2. The Balaban J connectivity index is 2.06. The summed E-state index contributed by atoms with van der Waals surface area (Å²) in [6.07, 6.45) is 3.23. The number of carbonyl (C=O) groups is 1. The highest BCUT2D eigenvalue weighted by Crippen LogP contribution is 2.30. The van der Waals surface area contributed by atoms with E-state index in [0.717, 1.165) is 30.0 Å². The Labute approximate surface area is 118 Å². The summed E-state index contributed by atoms with van der Waals surface area (Å²) in [5.41, 5.74) is 0.700. The first kappa shape index (κ1) is 14.2. The van der Waals surface area contributed by atoms with Gasteiger partial charge in [-0.05, 0) is 18.6 Å². The third-order valence-corrected chi connectivity index (χ3v) is 3.22. The van der Waals surface area contributed by atoms with Crippen molar-refractivity contribution in [3.8, 4) is 5.75 Å². The average molecular weight is 272 g/mol. The molecule has 0 bridgehead atoms. The van der Waals surface area contributed by atoms with Crippen LogP contribution in [-0.2, 0) is 0 Å². The third-order valence-electron chi connectivity index (χ3n) is 3.22. The van der Waals surface area contributed by atoms with Gasteiger partial charge in [-0.25, -0.2) is 4.79 Å². The highest BCUT2D eigenvalue weighted by molar-refractivity contribution is 6.03. The van der Waals surface area contributed by atoms with E-state index < -0.39 is 0 Å². The molecule has 3 N–H and O–H groups in total. The average Bonchev–Trinajstić information content (AvgIpc) is 2.47. The van der Waals surface area contributed by atoms with Gasteiger partial charge >= 0.3 is 6.03 Å². The van der Waals surface area contributed by atoms with Gasteiger partial charge in [0.25, 0.3) is 0 Å². The van der Waals surface area contributed by atoms with Gasteiger partial charge in [0.05, 0.1) is 5.69 Å². The monoisotopic (exact) mass is 272 g/mol. The van der Waals surface area contributed by atoms with E-state index in [9.17, 15) is 9.90 Å². The van der Waals surface area contributed by atoms with Crippen molar-refractivity contribution < 1.29 is 9.90 Å². The van der Waals surface area contributed by atoms with Crippen molar-refractivity contribution in [1.29, 1.82) is 0 Å². The molecular weight excluding hydrogens is 252 g/mol. The maximum atomic E-state index is 11.8. The van der Waals surface area contributed by atoms with E-state index in [1.54, 1.807) is 12.1 Å². The van der Waals surface area contributed by atoms with Crippen molar-refractivity contribution in [3.05, 3.63) is 36.4 Å². The van der Waals surface area contributed by atoms with Crippen LogP contribution in [0.2, 0.25) is 0 Å². The minimum absolute atomic E-state index is 0.211. The van der Waals surface area contributed by atoms with Gasteiger partial charge in [0.15, 0.2) is 0 Å². The molecule has 0 atom stereocenters. The van der Waals surface area contributed by atoms with Crippen LogP contribution in [0.4, 0.5) is 10.5 Å². The van der Waals surface area contributed by atoms with E-state index in [0.29, 0.717) is 12.2 Å². The topological polar surface area (TPSA) is 61.4 Å². The van der Waals surface area contributed by atoms with Gasteiger partial charge < -0.3 is 15.7 Å². The molecule has 0 aromatic heterocycles. The summed E-state index contributed by atoms with van der Waals surface area (Å²) < 4.78 is 0. The van der Waals surface area contributed by atoms with Crippen LogP contribution in [0.25, 0.3) is 10.8 Å². The van der Waals surface area contributed by atoms with Gasteiger partial charge in [0, 0.05) is 17.3 Å². The predicted octanol–water partition coefficient (Wildman–Crippen LogP) is 3.86. The minimum Gasteiger partial charge on any atom is -0.507 e. The largest absolute Gasteiger partial charge is 0.507 e. The summed E-state index contributed by atoms with van der Waals surface area (Å²) in [6, 6.07) is 10.5. The number of carbonyl (C=O) groups excluding carboxylic acids is 1. The SMILES string of the molecule is CCCCCNC(=O)Nc1ccc(O)c2ccccc12. The van der Waals surface area contributed by atoms with Crippen LogP contribution in [0.15, 0.2) is 36.4 Å². The molecule has 0 unspecified atom stereocenters. The van der Waals surface area contributed by atoms with Gasteiger partial charge in [-0.1, -0.05) is 44.0 Å². The first-order valence-electron chi connectivity index (χ1n) is 6.98. The minimum atomic E-state index is -0.211. The summed E-state index contributed by atoms with van der Waals surface area (Å²) in [4.78, 5) is 11.8. The molecule has 0 saturated heterocycles. The number of rotatable bonds is 5. The fraction of sp³-hybridized carbons (Fsp3) is 0.312. The van der Waals surface area contributed by atoms with Crippen molar-refractivity contribution in [2.75, 3.05) is 11.9 Å². The van der Waals surface area contributed by atoms with Crippen molar-refractivity contribution in [3.63, 3.8) is 0 Å².